The van der Waals surface area contributed by atoms with E-state index in [0.717, 1.165) is 51.7 Å². The second-order valence-corrected chi connectivity index (χ2v) is 7.06. The van der Waals surface area contributed by atoms with Gasteiger partial charge >= 0.3 is 0 Å². The SMILES string of the molecule is OCC1(CN2CCN(C3CCCC3)CC2)CCCOC1. The maximum Gasteiger partial charge on any atom is 0.0556 e. The second kappa shape index (κ2) is 6.73. The Hall–Kier alpha value is -0.160. The highest BCUT2D eigenvalue weighted by Crippen LogP contribution is 2.30. The average molecular weight is 282 g/mol. The van der Waals surface area contributed by atoms with Crippen molar-refractivity contribution in [3.8, 4) is 0 Å². The number of aliphatic hydroxyl groups excluding tert-OH is 1. The zero-order valence-electron chi connectivity index (χ0n) is 12.7. The standard InChI is InChI=1S/C16H30N2O2/c19-13-16(6-3-11-20-14-16)12-17-7-9-18(10-8-17)15-4-1-2-5-15/h15,19H,1-14H2. The lowest BCUT2D eigenvalue weighted by Gasteiger charge is -2.43. The molecule has 2 aliphatic heterocycles. The van der Waals surface area contributed by atoms with E-state index in [4.69, 9.17) is 4.74 Å². The Labute approximate surface area is 123 Å². The Morgan fingerprint density at radius 2 is 1.80 bits per heavy atom. The van der Waals surface area contributed by atoms with E-state index in [1.807, 2.05) is 0 Å². The van der Waals surface area contributed by atoms with Gasteiger partial charge in [0.05, 0.1) is 13.2 Å². The Balaban J connectivity index is 1.47. The van der Waals surface area contributed by atoms with Crippen LogP contribution in [0.2, 0.25) is 0 Å². The normalized spacial score (nSPS) is 34.6. The third-order valence-electron chi connectivity index (χ3n) is 5.55. The second-order valence-electron chi connectivity index (χ2n) is 7.06. The quantitative estimate of drug-likeness (QED) is 0.844. The average Bonchev–Trinajstić information content (AvgIpc) is 3.03. The third kappa shape index (κ3) is 3.35. The summed E-state index contributed by atoms with van der Waals surface area (Å²) in [7, 11) is 0. The van der Waals surface area contributed by atoms with Gasteiger partial charge in [-0.2, -0.15) is 0 Å². The van der Waals surface area contributed by atoms with Gasteiger partial charge in [-0.25, -0.2) is 0 Å². The van der Waals surface area contributed by atoms with Crippen molar-refractivity contribution in [2.75, 3.05) is 52.5 Å². The van der Waals surface area contributed by atoms with E-state index in [-0.39, 0.29) is 12.0 Å². The van der Waals surface area contributed by atoms with Crippen molar-refractivity contribution in [1.29, 1.82) is 0 Å². The lowest BCUT2D eigenvalue weighted by atomic mass is 9.82. The summed E-state index contributed by atoms with van der Waals surface area (Å²) in [4.78, 5) is 5.25. The first-order valence-corrected chi connectivity index (χ1v) is 8.46. The molecule has 116 valence electrons. The molecule has 0 aromatic carbocycles. The molecule has 1 saturated carbocycles. The number of nitrogens with zero attached hydrogens (tertiary/aromatic N) is 2. The first-order chi connectivity index (χ1) is 9.81. The van der Waals surface area contributed by atoms with E-state index in [2.05, 4.69) is 9.80 Å². The van der Waals surface area contributed by atoms with Gasteiger partial charge < -0.3 is 14.7 Å². The minimum Gasteiger partial charge on any atom is -0.396 e. The van der Waals surface area contributed by atoms with Crippen LogP contribution in [0.5, 0.6) is 0 Å². The van der Waals surface area contributed by atoms with Gasteiger partial charge in [-0.15, -0.1) is 0 Å². The van der Waals surface area contributed by atoms with Gasteiger partial charge in [0.15, 0.2) is 0 Å². The van der Waals surface area contributed by atoms with Crippen LogP contribution in [0.4, 0.5) is 0 Å². The Morgan fingerprint density at radius 1 is 1.05 bits per heavy atom. The van der Waals surface area contributed by atoms with Crippen LogP contribution >= 0.6 is 0 Å². The first kappa shape index (κ1) is 14.8. The van der Waals surface area contributed by atoms with Gasteiger partial charge in [-0.3, -0.25) is 4.90 Å². The lowest BCUT2D eigenvalue weighted by Crippen LogP contribution is -2.54. The lowest BCUT2D eigenvalue weighted by molar-refractivity contribution is -0.0616. The smallest absolute Gasteiger partial charge is 0.0556 e. The van der Waals surface area contributed by atoms with Crippen LogP contribution in [0, 0.1) is 5.41 Å². The molecule has 0 radical (unpaired) electrons. The van der Waals surface area contributed by atoms with Crippen molar-refractivity contribution >= 4 is 0 Å². The number of hydrogen-bond acceptors (Lipinski definition) is 4. The summed E-state index contributed by atoms with van der Waals surface area (Å²) in [5, 5.41) is 9.78. The minimum atomic E-state index is 0.00772. The molecular formula is C16H30N2O2. The number of rotatable bonds is 4. The van der Waals surface area contributed by atoms with Crippen LogP contribution in [-0.4, -0.2) is 73.5 Å². The molecule has 3 rings (SSSR count). The zero-order valence-corrected chi connectivity index (χ0v) is 12.7. The van der Waals surface area contributed by atoms with Gasteiger partial charge in [-0.05, 0) is 25.7 Å². The summed E-state index contributed by atoms with van der Waals surface area (Å²) in [6, 6.07) is 0.863. The highest BCUT2D eigenvalue weighted by molar-refractivity contribution is 4.88. The number of ether oxygens (including phenoxy) is 1. The highest BCUT2D eigenvalue weighted by atomic mass is 16.5. The predicted octanol–water partition coefficient (Wildman–Crippen LogP) is 1.34. The molecule has 0 aromatic heterocycles. The molecule has 1 unspecified atom stereocenters. The maximum atomic E-state index is 9.78. The molecule has 1 aliphatic carbocycles. The Bertz CT molecular complexity index is 291. The molecule has 2 saturated heterocycles. The molecule has 0 spiro atoms. The Kier molecular flexibility index (Phi) is 4.97. The third-order valence-corrected chi connectivity index (χ3v) is 5.55. The fourth-order valence-electron chi connectivity index (χ4n) is 4.24. The van der Waals surface area contributed by atoms with Gasteiger partial charge in [0.1, 0.15) is 0 Å². The zero-order chi connectivity index (χ0) is 13.8. The summed E-state index contributed by atoms with van der Waals surface area (Å²) in [5.74, 6) is 0. The van der Waals surface area contributed by atoms with Crippen molar-refractivity contribution in [3.05, 3.63) is 0 Å². The highest BCUT2D eigenvalue weighted by Gasteiger charge is 2.35. The summed E-state index contributed by atoms with van der Waals surface area (Å²) in [6.45, 7) is 7.66. The molecule has 4 nitrogen and oxygen atoms in total. The topological polar surface area (TPSA) is 35.9 Å². The summed E-state index contributed by atoms with van der Waals surface area (Å²) < 4.78 is 5.62. The number of aliphatic hydroxyl groups is 1. The fraction of sp³-hybridized carbons (Fsp3) is 1.00. The fourth-order valence-corrected chi connectivity index (χ4v) is 4.24. The van der Waals surface area contributed by atoms with Crippen LogP contribution in [0.3, 0.4) is 0 Å². The van der Waals surface area contributed by atoms with E-state index in [1.54, 1.807) is 0 Å². The molecule has 2 heterocycles. The van der Waals surface area contributed by atoms with Gasteiger partial charge in [0.25, 0.3) is 0 Å². The van der Waals surface area contributed by atoms with Gasteiger partial charge in [0, 0.05) is 50.8 Å². The number of piperazine rings is 1. The summed E-state index contributed by atoms with van der Waals surface area (Å²) >= 11 is 0. The van der Waals surface area contributed by atoms with Crippen molar-refractivity contribution < 1.29 is 9.84 Å². The minimum absolute atomic E-state index is 0.00772. The van der Waals surface area contributed by atoms with Crippen LogP contribution in [0.25, 0.3) is 0 Å². The molecule has 20 heavy (non-hydrogen) atoms. The molecule has 1 atom stereocenters. The van der Waals surface area contributed by atoms with Crippen LogP contribution in [0.15, 0.2) is 0 Å². The number of hydrogen-bond donors (Lipinski definition) is 1. The van der Waals surface area contributed by atoms with Crippen LogP contribution in [-0.2, 0) is 4.74 Å². The van der Waals surface area contributed by atoms with Crippen molar-refractivity contribution in [1.82, 2.24) is 9.80 Å². The van der Waals surface area contributed by atoms with Crippen molar-refractivity contribution in [2.24, 2.45) is 5.41 Å². The Morgan fingerprint density at radius 3 is 2.40 bits per heavy atom. The molecule has 3 aliphatic rings. The van der Waals surface area contributed by atoms with Gasteiger partial charge in [-0.1, -0.05) is 12.8 Å². The monoisotopic (exact) mass is 282 g/mol. The van der Waals surface area contributed by atoms with E-state index in [1.165, 1.54) is 38.8 Å². The molecule has 0 amide bonds. The largest absolute Gasteiger partial charge is 0.396 e. The van der Waals surface area contributed by atoms with Crippen molar-refractivity contribution in [2.45, 2.75) is 44.6 Å². The van der Waals surface area contributed by atoms with Crippen LogP contribution < -0.4 is 0 Å². The molecular weight excluding hydrogens is 252 g/mol. The molecule has 0 bridgehead atoms. The molecule has 3 fully saturated rings. The summed E-state index contributed by atoms with van der Waals surface area (Å²) in [6.07, 6.45) is 7.89. The van der Waals surface area contributed by atoms with E-state index < -0.39 is 0 Å². The first-order valence-electron chi connectivity index (χ1n) is 8.46. The molecule has 1 N–H and O–H groups in total. The van der Waals surface area contributed by atoms with Gasteiger partial charge in [0.2, 0.25) is 0 Å². The predicted molar refractivity (Wildman–Crippen MR) is 79.8 cm³/mol. The van der Waals surface area contributed by atoms with E-state index in [0.29, 0.717) is 0 Å². The molecule has 4 heteroatoms. The van der Waals surface area contributed by atoms with Crippen molar-refractivity contribution in [3.63, 3.8) is 0 Å². The van der Waals surface area contributed by atoms with E-state index in [9.17, 15) is 5.11 Å². The summed E-state index contributed by atoms with van der Waals surface area (Å²) in [5.41, 5.74) is 0.00772. The molecule has 0 aromatic rings. The maximum absolute atomic E-state index is 9.78. The van der Waals surface area contributed by atoms with E-state index >= 15 is 0 Å². The van der Waals surface area contributed by atoms with Crippen LogP contribution in [0.1, 0.15) is 38.5 Å².